The monoisotopic (exact) mass is 374 g/mol. The Hall–Kier alpha value is -1.87. The standard InChI is InChI=1S/C17H30N2O7/c1-16(2,3)25-9-11(14(22)23)18-13(21)12-7-10(20)8-19(12)15(24)26-17(4,5)6/h10-12,20H,7-9H2,1-6H3,(H,18,21)(H,22,23)/t10-,11+,12-/m1/s1. The van der Waals surface area contributed by atoms with Crippen molar-refractivity contribution in [1.29, 1.82) is 0 Å². The molecule has 9 nitrogen and oxygen atoms in total. The molecule has 1 aliphatic heterocycles. The van der Waals surface area contributed by atoms with Gasteiger partial charge in [0, 0.05) is 6.42 Å². The second kappa shape index (κ2) is 8.22. The van der Waals surface area contributed by atoms with E-state index in [-0.39, 0.29) is 19.6 Å². The number of carbonyl (C=O) groups excluding carboxylic acids is 2. The minimum atomic E-state index is -1.26. The molecule has 1 heterocycles. The topological polar surface area (TPSA) is 125 Å². The van der Waals surface area contributed by atoms with Crippen LogP contribution in [0.15, 0.2) is 0 Å². The summed E-state index contributed by atoms with van der Waals surface area (Å²) in [4.78, 5) is 37.3. The third-order valence-corrected chi connectivity index (χ3v) is 3.51. The summed E-state index contributed by atoms with van der Waals surface area (Å²) in [6.45, 7) is 10.1. The van der Waals surface area contributed by atoms with Gasteiger partial charge in [-0.2, -0.15) is 0 Å². The second-order valence-electron chi connectivity index (χ2n) is 8.36. The number of nitrogens with zero attached hydrogens (tertiary/aromatic N) is 1. The Morgan fingerprint density at radius 1 is 1.15 bits per heavy atom. The molecule has 1 rings (SSSR count). The number of carbonyl (C=O) groups is 3. The van der Waals surface area contributed by atoms with Crippen molar-refractivity contribution in [1.82, 2.24) is 10.2 Å². The van der Waals surface area contributed by atoms with Crippen LogP contribution in [0.2, 0.25) is 0 Å². The van der Waals surface area contributed by atoms with Crippen molar-refractivity contribution in [2.24, 2.45) is 0 Å². The number of amides is 2. The van der Waals surface area contributed by atoms with Gasteiger partial charge in [-0.1, -0.05) is 0 Å². The maximum atomic E-state index is 12.5. The zero-order chi connectivity index (χ0) is 20.3. The first-order valence-electron chi connectivity index (χ1n) is 8.54. The van der Waals surface area contributed by atoms with Gasteiger partial charge in [-0.05, 0) is 41.5 Å². The van der Waals surface area contributed by atoms with E-state index < -0.39 is 47.4 Å². The molecule has 2 amide bonds. The Morgan fingerprint density at radius 3 is 2.19 bits per heavy atom. The average molecular weight is 374 g/mol. The lowest BCUT2D eigenvalue weighted by molar-refractivity contribution is -0.146. The molecule has 0 aromatic heterocycles. The maximum Gasteiger partial charge on any atom is 0.411 e. The molecule has 1 saturated heterocycles. The number of β-amino-alcohol motifs (C(OH)–C–C–N with tert-alkyl or cyclic N) is 1. The van der Waals surface area contributed by atoms with E-state index in [9.17, 15) is 24.6 Å². The molecule has 1 aliphatic rings. The van der Waals surface area contributed by atoms with Crippen molar-refractivity contribution >= 4 is 18.0 Å². The van der Waals surface area contributed by atoms with E-state index >= 15 is 0 Å². The molecule has 3 atom stereocenters. The summed E-state index contributed by atoms with van der Waals surface area (Å²) in [6.07, 6.45) is -1.60. The maximum absolute atomic E-state index is 12.5. The first-order chi connectivity index (χ1) is 11.7. The predicted molar refractivity (Wildman–Crippen MR) is 92.6 cm³/mol. The number of aliphatic hydroxyl groups is 1. The highest BCUT2D eigenvalue weighted by Gasteiger charge is 2.42. The van der Waals surface area contributed by atoms with Crippen molar-refractivity contribution in [3.8, 4) is 0 Å². The van der Waals surface area contributed by atoms with Crippen molar-refractivity contribution < 1.29 is 34.1 Å². The van der Waals surface area contributed by atoms with Crippen LogP contribution in [0.1, 0.15) is 48.0 Å². The fourth-order valence-electron chi connectivity index (χ4n) is 2.36. The molecule has 26 heavy (non-hydrogen) atoms. The summed E-state index contributed by atoms with van der Waals surface area (Å²) in [5.74, 6) is -1.91. The van der Waals surface area contributed by atoms with E-state index in [0.29, 0.717) is 0 Å². The Labute approximate surface area is 153 Å². The summed E-state index contributed by atoms with van der Waals surface area (Å²) in [6, 6.07) is -2.27. The summed E-state index contributed by atoms with van der Waals surface area (Å²) >= 11 is 0. The Morgan fingerprint density at radius 2 is 1.73 bits per heavy atom. The van der Waals surface area contributed by atoms with Crippen LogP contribution in [0, 0.1) is 0 Å². The average Bonchev–Trinajstić information content (AvgIpc) is 2.82. The lowest BCUT2D eigenvalue weighted by atomic mass is 10.1. The highest BCUT2D eigenvalue weighted by atomic mass is 16.6. The predicted octanol–water partition coefficient (Wildman–Crippen LogP) is 0.741. The lowest BCUT2D eigenvalue weighted by Gasteiger charge is -2.29. The highest BCUT2D eigenvalue weighted by molar-refractivity contribution is 5.89. The van der Waals surface area contributed by atoms with Gasteiger partial charge >= 0.3 is 12.1 Å². The lowest BCUT2D eigenvalue weighted by Crippen LogP contribution is -2.53. The molecule has 0 aromatic carbocycles. The fraction of sp³-hybridized carbons (Fsp3) is 0.824. The molecule has 150 valence electrons. The quantitative estimate of drug-likeness (QED) is 0.648. The molecule has 0 radical (unpaired) electrons. The van der Waals surface area contributed by atoms with Gasteiger partial charge in [-0.15, -0.1) is 0 Å². The first-order valence-corrected chi connectivity index (χ1v) is 8.54. The van der Waals surface area contributed by atoms with Crippen LogP contribution in [0.25, 0.3) is 0 Å². The van der Waals surface area contributed by atoms with E-state index in [0.717, 1.165) is 4.90 Å². The molecule has 0 aliphatic carbocycles. The minimum absolute atomic E-state index is 0.0115. The Balaban J connectivity index is 2.80. The Bertz CT molecular complexity index is 536. The second-order valence-corrected chi connectivity index (χ2v) is 8.36. The van der Waals surface area contributed by atoms with Gasteiger partial charge < -0.3 is 25.0 Å². The summed E-state index contributed by atoms with van der Waals surface area (Å²) < 4.78 is 10.7. The number of carboxylic acid groups (broad SMARTS) is 1. The number of aliphatic hydroxyl groups excluding tert-OH is 1. The highest BCUT2D eigenvalue weighted by Crippen LogP contribution is 2.21. The molecule has 0 aromatic rings. The van der Waals surface area contributed by atoms with Gasteiger partial charge in [0.15, 0.2) is 6.04 Å². The van der Waals surface area contributed by atoms with Gasteiger partial charge in [0.2, 0.25) is 5.91 Å². The number of likely N-dealkylation sites (tertiary alicyclic amines) is 1. The number of hydrogen-bond acceptors (Lipinski definition) is 6. The third kappa shape index (κ3) is 7.17. The van der Waals surface area contributed by atoms with Crippen LogP contribution in [0.4, 0.5) is 4.79 Å². The number of aliphatic carboxylic acids is 1. The molecule has 9 heteroatoms. The molecule has 3 N–H and O–H groups in total. The zero-order valence-electron chi connectivity index (χ0n) is 16.2. The number of hydrogen-bond donors (Lipinski definition) is 3. The van der Waals surface area contributed by atoms with Gasteiger partial charge in [0.25, 0.3) is 0 Å². The van der Waals surface area contributed by atoms with Gasteiger partial charge in [-0.3, -0.25) is 9.69 Å². The number of rotatable bonds is 5. The van der Waals surface area contributed by atoms with E-state index in [2.05, 4.69) is 5.32 Å². The van der Waals surface area contributed by atoms with Crippen LogP contribution in [-0.2, 0) is 19.1 Å². The van der Waals surface area contributed by atoms with Gasteiger partial charge in [0.05, 0.1) is 24.9 Å². The number of ether oxygens (including phenoxy) is 2. The summed E-state index contributed by atoms with van der Waals surface area (Å²) in [5, 5.41) is 21.5. The van der Waals surface area contributed by atoms with E-state index in [1.54, 1.807) is 41.5 Å². The summed E-state index contributed by atoms with van der Waals surface area (Å²) in [7, 11) is 0. The minimum Gasteiger partial charge on any atom is -0.480 e. The molecule has 0 saturated carbocycles. The van der Waals surface area contributed by atoms with Crippen molar-refractivity contribution in [2.75, 3.05) is 13.2 Å². The normalized spacial score (nSPS) is 22.0. The zero-order valence-corrected chi connectivity index (χ0v) is 16.2. The fourth-order valence-corrected chi connectivity index (χ4v) is 2.36. The van der Waals surface area contributed by atoms with Crippen LogP contribution < -0.4 is 5.32 Å². The molecule has 0 unspecified atom stereocenters. The van der Waals surface area contributed by atoms with Crippen LogP contribution in [0.5, 0.6) is 0 Å². The van der Waals surface area contributed by atoms with Crippen molar-refractivity contribution in [2.45, 2.75) is 77.4 Å². The van der Waals surface area contributed by atoms with Crippen LogP contribution >= 0.6 is 0 Å². The van der Waals surface area contributed by atoms with Crippen LogP contribution in [-0.4, -0.2) is 75.6 Å². The van der Waals surface area contributed by atoms with E-state index in [1.165, 1.54) is 0 Å². The largest absolute Gasteiger partial charge is 0.480 e. The molecule has 0 bridgehead atoms. The Kier molecular flexibility index (Phi) is 7.01. The van der Waals surface area contributed by atoms with Gasteiger partial charge in [-0.25, -0.2) is 9.59 Å². The smallest absolute Gasteiger partial charge is 0.411 e. The summed E-state index contributed by atoms with van der Waals surface area (Å²) in [5.41, 5.74) is -1.32. The van der Waals surface area contributed by atoms with Crippen LogP contribution in [0.3, 0.4) is 0 Å². The van der Waals surface area contributed by atoms with E-state index in [4.69, 9.17) is 9.47 Å². The van der Waals surface area contributed by atoms with E-state index in [1.807, 2.05) is 0 Å². The van der Waals surface area contributed by atoms with Crippen molar-refractivity contribution in [3.63, 3.8) is 0 Å². The molecular formula is C17H30N2O7. The number of nitrogens with one attached hydrogen (secondary N) is 1. The SMILES string of the molecule is CC(C)(C)OC[C@H](NC(=O)[C@H]1C[C@@H](O)CN1C(=O)OC(C)(C)C)C(=O)O. The molecule has 0 spiro atoms. The molecule has 1 fully saturated rings. The first kappa shape index (κ1) is 22.2. The van der Waals surface area contributed by atoms with Gasteiger partial charge in [0.1, 0.15) is 11.6 Å². The number of carboxylic acids is 1. The van der Waals surface area contributed by atoms with Crippen molar-refractivity contribution in [3.05, 3.63) is 0 Å². The third-order valence-electron chi connectivity index (χ3n) is 3.51. The molecular weight excluding hydrogens is 344 g/mol.